The normalized spacial score (nSPS) is 10.6. The highest BCUT2D eigenvalue weighted by molar-refractivity contribution is 5.96. The second-order valence-corrected chi connectivity index (χ2v) is 5.39. The number of hydrogen-bond acceptors (Lipinski definition) is 4. The molecule has 3 rings (SSSR count). The van der Waals surface area contributed by atoms with Gasteiger partial charge in [0.2, 0.25) is 0 Å². The number of nitrogens with zero attached hydrogens (tertiary/aromatic N) is 2. The maximum atomic E-state index is 11.7. The van der Waals surface area contributed by atoms with Crippen LogP contribution in [0.5, 0.6) is 0 Å². The zero-order valence-electron chi connectivity index (χ0n) is 13.2. The van der Waals surface area contributed by atoms with Crippen LogP contribution in [0.4, 0.5) is 17.1 Å². The number of nitro benzene ring substituents is 1. The number of hydrogen-bond donors (Lipinski definition) is 2. The average molecular weight is 324 g/mol. The molecule has 3 aromatic rings. The number of rotatable bonds is 4. The van der Waals surface area contributed by atoms with E-state index >= 15 is 0 Å². The molecule has 0 saturated heterocycles. The van der Waals surface area contributed by atoms with Gasteiger partial charge in [-0.05, 0) is 35.7 Å². The Morgan fingerprint density at radius 3 is 2.67 bits per heavy atom. The Morgan fingerprint density at radius 1 is 1.17 bits per heavy atom. The van der Waals surface area contributed by atoms with Crippen LogP contribution in [0, 0.1) is 10.1 Å². The summed E-state index contributed by atoms with van der Waals surface area (Å²) in [6.07, 6.45) is 1.95. The van der Waals surface area contributed by atoms with Gasteiger partial charge in [0, 0.05) is 43.1 Å². The molecule has 0 aliphatic heterocycles. The Kier molecular flexibility index (Phi) is 3.91. The number of aryl methyl sites for hydroxylation is 1. The summed E-state index contributed by atoms with van der Waals surface area (Å²) in [6.45, 7) is 0. The first-order valence-electron chi connectivity index (χ1n) is 7.32. The van der Waals surface area contributed by atoms with Crippen LogP contribution in [0.1, 0.15) is 10.4 Å². The van der Waals surface area contributed by atoms with E-state index in [0.717, 1.165) is 16.6 Å². The first kappa shape index (κ1) is 15.5. The molecule has 7 heteroatoms. The minimum atomic E-state index is -0.504. The lowest BCUT2D eigenvalue weighted by molar-refractivity contribution is -0.383. The molecule has 0 atom stereocenters. The van der Waals surface area contributed by atoms with Crippen LogP contribution in [0.3, 0.4) is 0 Å². The number of nitrogens with one attached hydrogen (secondary N) is 2. The van der Waals surface area contributed by atoms with Crippen LogP contribution in [-0.2, 0) is 7.05 Å². The number of carbonyl (C=O) groups excluding carboxylic acids is 1. The highest BCUT2D eigenvalue weighted by atomic mass is 16.6. The lowest BCUT2D eigenvalue weighted by Crippen LogP contribution is -2.17. The van der Waals surface area contributed by atoms with Crippen LogP contribution >= 0.6 is 0 Å². The minimum Gasteiger partial charge on any atom is -0.355 e. The molecule has 0 saturated carbocycles. The van der Waals surface area contributed by atoms with E-state index in [0.29, 0.717) is 5.69 Å². The zero-order chi connectivity index (χ0) is 17.3. The van der Waals surface area contributed by atoms with Gasteiger partial charge in [-0.1, -0.05) is 6.07 Å². The second kappa shape index (κ2) is 6.04. The van der Waals surface area contributed by atoms with Crippen LogP contribution < -0.4 is 10.6 Å². The standard InChI is InChI=1S/C17H16N4O3/c1-18-17(22)12-4-6-14(16(9-12)21(23)24)19-13-5-3-11-7-8-20(2)15(11)10-13/h3-10,19H,1-2H3,(H,18,22). The van der Waals surface area contributed by atoms with E-state index in [-0.39, 0.29) is 17.2 Å². The highest BCUT2D eigenvalue weighted by Gasteiger charge is 2.17. The Labute approximate surface area is 138 Å². The number of amides is 1. The summed E-state index contributed by atoms with van der Waals surface area (Å²) in [5, 5.41) is 17.9. The van der Waals surface area contributed by atoms with Crippen LogP contribution in [0.2, 0.25) is 0 Å². The Morgan fingerprint density at radius 2 is 1.96 bits per heavy atom. The van der Waals surface area contributed by atoms with E-state index in [1.807, 2.05) is 42.1 Å². The van der Waals surface area contributed by atoms with Gasteiger partial charge < -0.3 is 15.2 Å². The van der Waals surface area contributed by atoms with E-state index in [1.165, 1.54) is 19.2 Å². The molecule has 7 nitrogen and oxygen atoms in total. The predicted octanol–water partition coefficient (Wildman–Crippen LogP) is 3.19. The summed E-state index contributed by atoms with van der Waals surface area (Å²) < 4.78 is 1.98. The summed E-state index contributed by atoms with van der Waals surface area (Å²) in [5.74, 6) is -0.366. The number of benzene rings is 2. The third-order valence-electron chi connectivity index (χ3n) is 3.85. The number of aromatic nitrogens is 1. The summed E-state index contributed by atoms with van der Waals surface area (Å²) in [6, 6.07) is 12.1. The lowest BCUT2D eigenvalue weighted by atomic mass is 10.1. The third kappa shape index (κ3) is 2.79. The van der Waals surface area contributed by atoms with Gasteiger partial charge in [0.05, 0.1) is 4.92 Å². The third-order valence-corrected chi connectivity index (χ3v) is 3.85. The molecular weight excluding hydrogens is 308 g/mol. The maximum Gasteiger partial charge on any atom is 0.293 e. The van der Waals surface area contributed by atoms with Gasteiger partial charge >= 0.3 is 0 Å². The van der Waals surface area contributed by atoms with Crippen molar-refractivity contribution in [3.63, 3.8) is 0 Å². The van der Waals surface area contributed by atoms with E-state index in [2.05, 4.69) is 10.6 Å². The average Bonchev–Trinajstić information content (AvgIpc) is 2.95. The fourth-order valence-electron chi connectivity index (χ4n) is 2.57. The Balaban J connectivity index is 1.99. The van der Waals surface area contributed by atoms with Crippen molar-refractivity contribution in [2.75, 3.05) is 12.4 Å². The molecule has 0 unspecified atom stereocenters. The van der Waals surface area contributed by atoms with Crippen molar-refractivity contribution in [3.8, 4) is 0 Å². The van der Waals surface area contributed by atoms with Crippen LogP contribution in [-0.4, -0.2) is 22.4 Å². The Bertz CT molecular complexity index is 946. The summed E-state index contributed by atoms with van der Waals surface area (Å²) in [4.78, 5) is 22.5. The van der Waals surface area contributed by atoms with E-state index in [9.17, 15) is 14.9 Å². The van der Waals surface area contributed by atoms with Gasteiger partial charge in [0.1, 0.15) is 5.69 Å². The molecule has 2 aromatic carbocycles. The SMILES string of the molecule is CNC(=O)c1ccc(Nc2ccc3ccn(C)c3c2)c([N+](=O)[O-])c1. The minimum absolute atomic E-state index is 0.150. The molecule has 122 valence electrons. The van der Waals surface area contributed by atoms with Crippen molar-refractivity contribution in [2.45, 2.75) is 0 Å². The van der Waals surface area contributed by atoms with Crippen molar-refractivity contribution in [1.29, 1.82) is 0 Å². The quantitative estimate of drug-likeness (QED) is 0.570. The Hall–Kier alpha value is -3.35. The number of fused-ring (bicyclic) bond motifs is 1. The molecule has 0 bridgehead atoms. The predicted molar refractivity (Wildman–Crippen MR) is 92.7 cm³/mol. The summed E-state index contributed by atoms with van der Waals surface area (Å²) in [7, 11) is 3.42. The molecule has 1 heterocycles. The molecule has 0 fully saturated rings. The fraction of sp³-hybridized carbons (Fsp3) is 0.118. The monoisotopic (exact) mass is 324 g/mol. The smallest absolute Gasteiger partial charge is 0.293 e. The van der Waals surface area contributed by atoms with E-state index in [1.54, 1.807) is 6.07 Å². The second-order valence-electron chi connectivity index (χ2n) is 5.39. The summed E-state index contributed by atoms with van der Waals surface area (Å²) in [5.41, 5.74) is 2.18. The number of carbonyl (C=O) groups is 1. The fourth-order valence-corrected chi connectivity index (χ4v) is 2.57. The lowest BCUT2D eigenvalue weighted by Gasteiger charge is -2.09. The topological polar surface area (TPSA) is 89.2 Å². The molecule has 1 amide bonds. The van der Waals surface area contributed by atoms with Crippen molar-refractivity contribution >= 4 is 33.9 Å². The first-order chi connectivity index (χ1) is 11.5. The number of nitro groups is 1. The summed E-state index contributed by atoms with van der Waals surface area (Å²) >= 11 is 0. The van der Waals surface area contributed by atoms with Gasteiger partial charge in [-0.25, -0.2) is 0 Å². The van der Waals surface area contributed by atoms with Gasteiger partial charge in [-0.15, -0.1) is 0 Å². The van der Waals surface area contributed by atoms with Crippen molar-refractivity contribution in [1.82, 2.24) is 9.88 Å². The van der Waals surface area contributed by atoms with E-state index < -0.39 is 4.92 Å². The van der Waals surface area contributed by atoms with Crippen molar-refractivity contribution in [2.24, 2.45) is 7.05 Å². The van der Waals surface area contributed by atoms with Gasteiger partial charge in [-0.3, -0.25) is 14.9 Å². The van der Waals surface area contributed by atoms with Crippen LogP contribution in [0.25, 0.3) is 10.9 Å². The van der Waals surface area contributed by atoms with E-state index in [4.69, 9.17) is 0 Å². The molecule has 0 spiro atoms. The molecule has 0 aliphatic carbocycles. The first-order valence-corrected chi connectivity index (χ1v) is 7.32. The van der Waals surface area contributed by atoms with Crippen molar-refractivity contribution in [3.05, 3.63) is 64.3 Å². The van der Waals surface area contributed by atoms with Gasteiger partial charge in [0.15, 0.2) is 0 Å². The maximum absolute atomic E-state index is 11.7. The molecular formula is C17H16N4O3. The van der Waals surface area contributed by atoms with Crippen LogP contribution in [0.15, 0.2) is 48.7 Å². The largest absolute Gasteiger partial charge is 0.355 e. The molecule has 0 radical (unpaired) electrons. The van der Waals surface area contributed by atoms with Gasteiger partial charge in [0.25, 0.3) is 11.6 Å². The molecule has 1 aromatic heterocycles. The molecule has 0 aliphatic rings. The highest BCUT2D eigenvalue weighted by Crippen LogP contribution is 2.30. The van der Waals surface area contributed by atoms with Gasteiger partial charge in [-0.2, -0.15) is 0 Å². The molecule has 24 heavy (non-hydrogen) atoms. The molecule has 2 N–H and O–H groups in total. The number of anilines is 2. The van der Waals surface area contributed by atoms with Crippen molar-refractivity contribution < 1.29 is 9.72 Å². The zero-order valence-corrected chi connectivity index (χ0v) is 13.2.